The van der Waals surface area contributed by atoms with Gasteiger partial charge < -0.3 is 9.52 Å². The van der Waals surface area contributed by atoms with Crippen LogP contribution in [-0.2, 0) is 6.42 Å². The summed E-state index contributed by atoms with van der Waals surface area (Å²) in [6.45, 7) is 3.83. The molecule has 1 aromatic heterocycles. The molecule has 0 saturated heterocycles. The summed E-state index contributed by atoms with van der Waals surface area (Å²) in [5.41, 5.74) is 2.36. The van der Waals surface area contributed by atoms with Crippen LogP contribution in [0.2, 0.25) is 0 Å². The highest BCUT2D eigenvalue weighted by Gasteiger charge is 2.08. The first-order chi connectivity index (χ1) is 7.70. The highest BCUT2D eigenvalue weighted by Crippen LogP contribution is 2.25. The summed E-state index contributed by atoms with van der Waals surface area (Å²) in [4.78, 5) is 0. The number of hydrogen-bond acceptors (Lipinski definition) is 2. The molecular weight excluding hydrogens is 200 g/mol. The lowest BCUT2D eigenvalue weighted by atomic mass is 10.1. The van der Waals surface area contributed by atoms with Crippen molar-refractivity contribution in [2.75, 3.05) is 0 Å². The van der Waals surface area contributed by atoms with Crippen molar-refractivity contribution in [2.45, 2.75) is 26.4 Å². The molecule has 2 heteroatoms. The van der Waals surface area contributed by atoms with Crippen molar-refractivity contribution >= 4 is 0 Å². The zero-order valence-corrected chi connectivity index (χ0v) is 9.60. The van der Waals surface area contributed by atoms with Crippen molar-refractivity contribution < 1.29 is 9.52 Å². The van der Waals surface area contributed by atoms with Crippen LogP contribution in [0.3, 0.4) is 0 Å². The van der Waals surface area contributed by atoms with Crippen molar-refractivity contribution in [3.63, 3.8) is 0 Å². The second-order valence-electron chi connectivity index (χ2n) is 3.93. The van der Waals surface area contributed by atoms with Crippen molar-refractivity contribution in [3.05, 3.63) is 47.7 Å². The molecule has 2 rings (SSSR count). The van der Waals surface area contributed by atoms with Crippen LogP contribution in [0.15, 0.2) is 40.8 Å². The van der Waals surface area contributed by atoms with Crippen LogP contribution in [0.25, 0.3) is 11.3 Å². The predicted molar refractivity (Wildman–Crippen MR) is 64.2 cm³/mol. The Hall–Kier alpha value is -1.54. The maximum absolute atomic E-state index is 9.37. The Morgan fingerprint density at radius 3 is 2.31 bits per heavy atom. The average molecular weight is 216 g/mol. The lowest BCUT2D eigenvalue weighted by molar-refractivity contribution is 0.170. The molecule has 0 saturated carbocycles. The molecule has 1 unspecified atom stereocenters. The highest BCUT2D eigenvalue weighted by molar-refractivity contribution is 5.58. The van der Waals surface area contributed by atoms with Gasteiger partial charge in [-0.25, -0.2) is 0 Å². The van der Waals surface area contributed by atoms with Crippen LogP contribution in [0.5, 0.6) is 0 Å². The second kappa shape index (κ2) is 4.54. The van der Waals surface area contributed by atoms with E-state index in [1.807, 2.05) is 24.3 Å². The number of rotatable bonds is 3. The van der Waals surface area contributed by atoms with Gasteiger partial charge in [0.2, 0.25) is 0 Å². The van der Waals surface area contributed by atoms with Gasteiger partial charge in [-0.15, -0.1) is 0 Å². The van der Waals surface area contributed by atoms with Gasteiger partial charge in [0.05, 0.1) is 0 Å². The van der Waals surface area contributed by atoms with Gasteiger partial charge in [-0.05, 0) is 31.0 Å². The Bertz CT molecular complexity index is 452. The Morgan fingerprint density at radius 2 is 1.81 bits per heavy atom. The van der Waals surface area contributed by atoms with Crippen molar-refractivity contribution in [2.24, 2.45) is 0 Å². The van der Waals surface area contributed by atoms with E-state index >= 15 is 0 Å². The monoisotopic (exact) mass is 216 g/mol. The van der Waals surface area contributed by atoms with Gasteiger partial charge in [0.1, 0.15) is 17.6 Å². The summed E-state index contributed by atoms with van der Waals surface area (Å²) >= 11 is 0. The fourth-order valence-corrected chi connectivity index (χ4v) is 1.64. The molecule has 0 fully saturated rings. The van der Waals surface area contributed by atoms with E-state index in [-0.39, 0.29) is 0 Å². The molecule has 1 heterocycles. The minimum absolute atomic E-state index is 0.552. The summed E-state index contributed by atoms with van der Waals surface area (Å²) in [7, 11) is 0. The Labute approximate surface area is 95.5 Å². The number of aliphatic hydroxyl groups is 1. The molecule has 0 spiro atoms. The third-order valence-corrected chi connectivity index (χ3v) is 2.69. The molecule has 0 bridgehead atoms. The summed E-state index contributed by atoms with van der Waals surface area (Å²) in [5, 5.41) is 9.37. The van der Waals surface area contributed by atoms with Gasteiger partial charge in [0.25, 0.3) is 0 Å². The van der Waals surface area contributed by atoms with Crippen LogP contribution in [-0.4, -0.2) is 5.11 Å². The first-order valence-electron chi connectivity index (χ1n) is 5.58. The number of furan rings is 1. The highest BCUT2D eigenvalue weighted by atomic mass is 16.4. The smallest absolute Gasteiger partial charge is 0.134 e. The van der Waals surface area contributed by atoms with E-state index in [1.54, 1.807) is 6.92 Å². The first kappa shape index (κ1) is 11.0. The van der Waals surface area contributed by atoms with Gasteiger partial charge in [-0.2, -0.15) is 0 Å². The third-order valence-electron chi connectivity index (χ3n) is 2.69. The molecule has 2 aromatic rings. The fraction of sp³-hybridized carbons (Fsp3) is 0.286. The van der Waals surface area contributed by atoms with E-state index in [4.69, 9.17) is 4.42 Å². The van der Waals surface area contributed by atoms with E-state index < -0.39 is 6.10 Å². The summed E-state index contributed by atoms with van der Waals surface area (Å²) in [6, 6.07) is 12.0. The molecular formula is C14H16O2. The summed E-state index contributed by atoms with van der Waals surface area (Å²) in [5.74, 6) is 1.41. The molecule has 0 aliphatic carbocycles. The quantitative estimate of drug-likeness (QED) is 0.851. The number of aliphatic hydroxyl groups excluding tert-OH is 1. The summed E-state index contributed by atoms with van der Waals surface area (Å²) in [6.07, 6.45) is 0.487. The van der Waals surface area contributed by atoms with Gasteiger partial charge in [0, 0.05) is 5.56 Å². The molecule has 0 radical (unpaired) electrons. The average Bonchev–Trinajstić information content (AvgIpc) is 2.78. The normalized spacial score (nSPS) is 12.7. The van der Waals surface area contributed by atoms with E-state index in [2.05, 4.69) is 19.1 Å². The Balaban J connectivity index is 2.28. The maximum atomic E-state index is 9.37. The van der Waals surface area contributed by atoms with Gasteiger partial charge in [-0.1, -0.05) is 31.2 Å². The molecule has 0 amide bonds. The number of hydrogen-bond donors (Lipinski definition) is 1. The van der Waals surface area contributed by atoms with Crippen molar-refractivity contribution in [1.82, 2.24) is 0 Å². The lowest BCUT2D eigenvalue weighted by Gasteiger charge is -2.01. The van der Waals surface area contributed by atoms with Crippen LogP contribution in [0.1, 0.15) is 31.3 Å². The standard InChI is InChI=1S/C14H16O2/c1-3-11-4-6-12(7-5-11)14-9-8-13(16-14)10(2)15/h4-10,15H,3H2,1-2H3. The zero-order chi connectivity index (χ0) is 11.5. The van der Waals surface area contributed by atoms with Crippen LogP contribution in [0.4, 0.5) is 0 Å². The van der Waals surface area contributed by atoms with E-state index in [9.17, 15) is 5.11 Å². The summed E-state index contributed by atoms with van der Waals surface area (Å²) < 4.78 is 5.55. The lowest BCUT2D eigenvalue weighted by Crippen LogP contribution is -1.85. The zero-order valence-electron chi connectivity index (χ0n) is 9.60. The van der Waals surface area contributed by atoms with Gasteiger partial charge >= 0.3 is 0 Å². The molecule has 0 aliphatic rings. The van der Waals surface area contributed by atoms with Crippen molar-refractivity contribution in [1.29, 1.82) is 0 Å². The van der Waals surface area contributed by atoms with Crippen LogP contribution < -0.4 is 0 Å². The number of aryl methyl sites for hydroxylation is 1. The molecule has 1 N–H and O–H groups in total. The molecule has 2 nitrogen and oxygen atoms in total. The molecule has 0 aliphatic heterocycles. The largest absolute Gasteiger partial charge is 0.458 e. The topological polar surface area (TPSA) is 33.4 Å². The molecule has 1 atom stereocenters. The maximum Gasteiger partial charge on any atom is 0.134 e. The second-order valence-corrected chi connectivity index (χ2v) is 3.93. The molecule has 1 aromatic carbocycles. The van der Waals surface area contributed by atoms with Gasteiger partial charge in [-0.3, -0.25) is 0 Å². The minimum Gasteiger partial charge on any atom is -0.458 e. The minimum atomic E-state index is -0.552. The fourth-order valence-electron chi connectivity index (χ4n) is 1.64. The van der Waals surface area contributed by atoms with E-state index in [0.717, 1.165) is 17.7 Å². The number of benzene rings is 1. The molecule has 84 valence electrons. The third kappa shape index (κ3) is 2.17. The van der Waals surface area contributed by atoms with E-state index in [0.29, 0.717) is 5.76 Å². The van der Waals surface area contributed by atoms with E-state index in [1.165, 1.54) is 5.56 Å². The Morgan fingerprint density at radius 1 is 1.12 bits per heavy atom. The van der Waals surface area contributed by atoms with Gasteiger partial charge in [0.15, 0.2) is 0 Å². The molecule has 16 heavy (non-hydrogen) atoms. The first-order valence-corrected chi connectivity index (χ1v) is 5.58. The Kier molecular flexibility index (Phi) is 3.11. The predicted octanol–water partition coefficient (Wildman–Crippen LogP) is 3.56. The van der Waals surface area contributed by atoms with Crippen molar-refractivity contribution in [3.8, 4) is 11.3 Å². The van der Waals surface area contributed by atoms with Crippen LogP contribution in [0, 0.1) is 0 Å². The van der Waals surface area contributed by atoms with Crippen LogP contribution >= 0.6 is 0 Å². The SMILES string of the molecule is CCc1ccc(-c2ccc(C(C)O)o2)cc1.